The van der Waals surface area contributed by atoms with E-state index < -0.39 is 23.6 Å². The second-order valence-corrected chi connectivity index (χ2v) is 15.2. The average Bonchev–Trinajstić information content (AvgIpc) is 3.72. The molecule has 2 unspecified atom stereocenters. The van der Waals surface area contributed by atoms with Crippen LogP contribution in [0, 0.1) is 0 Å². The minimum Gasteiger partial charge on any atom is -0.375 e. The molecule has 0 bridgehead atoms. The smallest absolute Gasteiger partial charge is 0.332 e. The first-order valence-electron chi connectivity index (χ1n) is 17.4. The summed E-state index contributed by atoms with van der Waals surface area (Å²) >= 11 is 13.9. The van der Waals surface area contributed by atoms with Gasteiger partial charge in [-0.2, -0.15) is 5.01 Å². The number of para-hydroxylation sites is 1. The zero-order valence-electron chi connectivity index (χ0n) is 29.1. The van der Waals surface area contributed by atoms with Crippen molar-refractivity contribution in [2.75, 3.05) is 37.2 Å². The molecule has 1 aliphatic carbocycles. The molecule has 2 saturated heterocycles. The van der Waals surface area contributed by atoms with Gasteiger partial charge in [0.2, 0.25) is 11.8 Å². The Morgan fingerprint density at radius 2 is 1.81 bits per heavy atom. The van der Waals surface area contributed by atoms with Crippen LogP contribution in [-0.4, -0.2) is 97.7 Å². The van der Waals surface area contributed by atoms with Crippen LogP contribution in [0.2, 0.25) is 0 Å². The Morgan fingerprint density at radius 3 is 2.56 bits per heavy atom. The molecule has 0 saturated carbocycles. The fraction of sp³-hybridized carbons (Fsp3) is 0.256. The van der Waals surface area contributed by atoms with Crippen LogP contribution in [0.15, 0.2) is 109 Å². The van der Waals surface area contributed by atoms with Crippen molar-refractivity contribution in [2.45, 2.75) is 35.9 Å². The predicted octanol–water partition coefficient (Wildman–Crippen LogP) is 5.38. The molecule has 12 nitrogen and oxygen atoms in total. The number of aromatic nitrogens is 1. The summed E-state index contributed by atoms with van der Waals surface area (Å²) in [6.07, 6.45) is 6.55. The van der Waals surface area contributed by atoms with Crippen molar-refractivity contribution in [3.63, 3.8) is 0 Å². The van der Waals surface area contributed by atoms with E-state index in [1.807, 2.05) is 42.5 Å². The summed E-state index contributed by atoms with van der Waals surface area (Å²) in [6.45, 7) is 4.42. The molecular formula is C39H38Cl2N8O4S. The number of thiazole rings is 1. The first kappa shape index (κ1) is 37.1. The monoisotopic (exact) mass is 784 g/mol. The lowest BCUT2D eigenvalue weighted by Crippen LogP contribution is -2.66. The summed E-state index contributed by atoms with van der Waals surface area (Å²) in [4.78, 5) is 62.8. The van der Waals surface area contributed by atoms with Gasteiger partial charge in [-0.1, -0.05) is 78.1 Å². The molecule has 0 spiro atoms. The van der Waals surface area contributed by atoms with Crippen LogP contribution in [0.4, 0.5) is 15.6 Å². The van der Waals surface area contributed by atoms with E-state index in [1.165, 1.54) is 16.3 Å². The Labute approximate surface area is 326 Å². The Balaban J connectivity index is 1.15. The van der Waals surface area contributed by atoms with Gasteiger partial charge < -0.3 is 26.2 Å². The van der Waals surface area contributed by atoms with Gasteiger partial charge in [-0.25, -0.2) is 9.78 Å². The van der Waals surface area contributed by atoms with E-state index in [0.717, 1.165) is 26.9 Å². The molecule has 2 aliphatic heterocycles. The number of amides is 5. The number of piperazine rings is 1. The highest BCUT2D eigenvalue weighted by molar-refractivity contribution is 7.22. The highest BCUT2D eigenvalue weighted by Crippen LogP contribution is 2.33. The highest BCUT2D eigenvalue weighted by Gasteiger charge is 2.52. The number of carbonyl (C=O) groups excluding carboxylic acids is 4. The van der Waals surface area contributed by atoms with E-state index in [9.17, 15) is 19.2 Å². The van der Waals surface area contributed by atoms with E-state index >= 15 is 0 Å². The molecule has 3 aliphatic rings. The van der Waals surface area contributed by atoms with E-state index in [2.05, 4.69) is 22.2 Å². The molecule has 54 heavy (non-hydrogen) atoms. The van der Waals surface area contributed by atoms with E-state index in [4.69, 9.17) is 28.9 Å². The number of allylic oxidation sites excluding steroid dienone is 2. The second-order valence-electron chi connectivity index (χ2n) is 13.2. The number of nitrogens with zero attached hydrogens (tertiary/aromatic N) is 5. The van der Waals surface area contributed by atoms with Gasteiger partial charge in [0.15, 0.2) is 5.13 Å². The van der Waals surface area contributed by atoms with Crippen molar-refractivity contribution in [3.05, 3.63) is 126 Å². The van der Waals surface area contributed by atoms with Crippen molar-refractivity contribution in [1.29, 1.82) is 0 Å². The number of anilines is 2. The summed E-state index contributed by atoms with van der Waals surface area (Å²) in [6, 6.07) is 20.6. The fourth-order valence-corrected chi connectivity index (χ4v) is 8.15. The number of hydrogen-bond acceptors (Lipinski definition) is 8. The number of rotatable bonds is 11. The number of nitrogen functional groups attached to an aromatic ring is 1. The summed E-state index contributed by atoms with van der Waals surface area (Å²) in [5.41, 5.74) is 10.3. The molecule has 4 atom stereocenters. The molecule has 3 aromatic carbocycles. The lowest BCUT2D eigenvalue weighted by Gasteiger charge is -2.46. The summed E-state index contributed by atoms with van der Waals surface area (Å²) in [5, 5.41) is 8.69. The van der Waals surface area contributed by atoms with E-state index in [1.54, 1.807) is 69.4 Å². The number of carbonyl (C=O) groups is 4. The van der Waals surface area contributed by atoms with E-state index in [0.29, 0.717) is 16.4 Å². The Morgan fingerprint density at radius 1 is 1.04 bits per heavy atom. The average molecular weight is 786 g/mol. The van der Waals surface area contributed by atoms with Crippen LogP contribution >= 0.6 is 34.5 Å². The fourth-order valence-electron chi connectivity index (χ4n) is 6.97. The molecule has 7 rings (SSSR count). The molecule has 1 aromatic heterocycles. The zero-order chi connectivity index (χ0) is 37.9. The van der Waals surface area contributed by atoms with Crippen LogP contribution in [0.25, 0.3) is 10.2 Å². The highest BCUT2D eigenvalue weighted by atomic mass is 35.5. The van der Waals surface area contributed by atoms with Crippen LogP contribution < -0.4 is 16.4 Å². The summed E-state index contributed by atoms with van der Waals surface area (Å²) in [7, 11) is 0. The molecule has 4 N–H and O–H groups in total. The number of urea groups is 1. The number of alkyl halides is 2. The van der Waals surface area contributed by atoms with Gasteiger partial charge in [0.25, 0.3) is 5.91 Å². The number of hydrazine groups is 1. The van der Waals surface area contributed by atoms with Gasteiger partial charge in [-0.05, 0) is 47.0 Å². The van der Waals surface area contributed by atoms with Crippen molar-refractivity contribution in [2.24, 2.45) is 0 Å². The van der Waals surface area contributed by atoms with Gasteiger partial charge in [-0.3, -0.25) is 19.4 Å². The third kappa shape index (κ3) is 7.85. The maximum absolute atomic E-state index is 14.5. The van der Waals surface area contributed by atoms with Crippen molar-refractivity contribution in [1.82, 2.24) is 30.1 Å². The van der Waals surface area contributed by atoms with Crippen molar-refractivity contribution >= 4 is 79.3 Å². The quantitative estimate of drug-likeness (QED) is 0.137. The van der Waals surface area contributed by atoms with Gasteiger partial charge >= 0.3 is 6.03 Å². The number of hydrogen-bond donors (Lipinski definition) is 3. The summed E-state index contributed by atoms with van der Waals surface area (Å²) in [5.74, 6) is -0.750. The van der Waals surface area contributed by atoms with Crippen molar-refractivity contribution in [3.8, 4) is 0 Å². The largest absolute Gasteiger partial charge is 0.375 e. The van der Waals surface area contributed by atoms with Crippen molar-refractivity contribution < 1.29 is 19.2 Å². The molecular weight excluding hydrogens is 747 g/mol. The topological polar surface area (TPSA) is 144 Å². The zero-order valence-corrected chi connectivity index (χ0v) is 31.4. The number of nitrogens with two attached hydrogens (primary N) is 1. The lowest BCUT2D eigenvalue weighted by molar-refractivity contribution is -0.157. The molecule has 0 radical (unpaired) electrons. The molecule has 2 fully saturated rings. The normalized spacial score (nSPS) is 21.2. The number of fused-ring (bicyclic) bond motifs is 2. The minimum absolute atomic E-state index is 0.117. The Bertz CT molecular complexity index is 2140. The van der Waals surface area contributed by atoms with Gasteiger partial charge in [0, 0.05) is 30.8 Å². The summed E-state index contributed by atoms with van der Waals surface area (Å²) < 4.78 is 0.906. The van der Waals surface area contributed by atoms with Gasteiger partial charge in [-0.15, -0.1) is 29.8 Å². The number of nitrogens with one attached hydrogen (secondary N) is 2. The molecule has 4 aromatic rings. The van der Waals surface area contributed by atoms with Gasteiger partial charge in [0.05, 0.1) is 40.6 Å². The maximum Gasteiger partial charge on any atom is 0.332 e. The molecule has 3 heterocycles. The first-order valence-corrected chi connectivity index (χ1v) is 19.1. The third-order valence-electron chi connectivity index (χ3n) is 9.59. The number of halogens is 2. The maximum atomic E-state index is 14.5. The second kappa shape index (κ2) is 16.0. The lowest BCUT2D eigenvalue weighted by atomic mass is 9.99. The third-order valence-corrected chi connectivity index (χ3v) is 11.4. The van der Waals surface area contributed by atoms with Crippen LogP contribution in [-0.2, 0) is 22.6 Å². The number of benzene rings is 3. The standard InChI is InChI=1S/C39H38Cl2N8O4S/c1-2-17-47(39(53)43-20-25-13-16-29(40)30(41)18-25)48-23-34(50)49-31(19-24-11-14-28(15-12-24)44-36(51)26-7-4-3-5-8-26)37(52)46(22-33(48)49)21-27-9-6-10-32-35(27)45-38(42)54-32/h2-16,18,29-31,33H,1,17,19-23H2,(H2,42,45)(H,43,53)(H,44,51)/t29?,30?,31-,33+/m0/s1. The molecule has 5 amide bonds. The minimum atomic E-state index is -0.874. The first-order chi connectivity index (χ1) is 26.1. The Kier molecular flexibility index (Phi) is 11.0. The van der Waals surface area contributed by atoms with Crippen LogP contribution in [0.5, 0.6) is 0 Å². The van der Waals surface area contributed by atoms with Crippen LogP contribution in [0.1, 0.15) is 21.5 Å². The molecule has 278 valence electrons. The SMILES string of the molecule is C=CCN(C(=O)NCC1=CC(Cl)C(Cl)C=C1)N1CC(=O)N2[C@@H](Cc3ccc(NC(=O)c4ccccc4)cc3)C(=O)N(Cc3cccc4sc(N)nc34)C[C@@H]21. The molecule has 15 heteroatoms. The predicted molar refractivity (Wildman–Crippen MR) is 212 cm³/mol. The Hall–Kier alpha value is -5.21. The van der Waals surface area contributed by atoms with E-state index in [-0.39, 0.29) is 62.2 Å². The van der Waals surface area contributed by atoms with Gasteiger partial charge in [0.1, 0.15) is 12.2 Å². The van der Waals surface area contributed by atoms with Crippen LogP contribution in [0.3, 0.4) is 0 Å².